The van der Waals surface area contributed by atoms with Crippen molar-refractivity contribution < 1.29 is 42.1 Å². The molecule has 0 aromatic rings. The molecule has 0 aromatic heterocycles. The first-order valence-electron chi connectivity index (χ1n) is 2.13. The predicted octanol–water partition coefficient (Wildman–Crippen LogP) is 1.95. The minimum absolute atomic E-state index is 0. The zero-order valence-corrected chi connectivity index (χ0v) is 11.8. The smallest absolute Gasteiger partial charge is 2.00 e. The summed E-state index contributed by atoms with van der Waals surface area (Å²) in [5.74, 6) is -1.19. The zero-order valence-electron chi connectivity index (χ0n) is 6.26. The molecular weight excluding hydrogens is 342 g/mol. The molecule has 0 heterocycles. The van der Waals surface area contributed by atoms with Crippen molar-refractivity contribution in [1.82, 2.24) is 0 Å². The summed E-state index contributed by atoms with van der Waals surface area (Å²) in [6.07, 6.45) is 0. The van der Waals surface area contributed by atoms with Gasteiger partial charge < -0.3 is 15.4 Å². The van der Waals surface area contributed by atoms with Crippen LogP contribution in [0.25, 0.3) is 0 Å². The van der Waals surface area contributed by atoms with E-state index in [2.05, 4.69) is 6.58 Å². The Bertz CT molecular complexity index is 110. The van der Waals surface area contributed by atoms with Crippen molar-refractivity contribution in [2.75, 3.05) is 0 Å². The third-order valence-electron chi connectivity index (χ3n) is 0.348. The van der Waals surface area contributed by atoms with Crippen LogP contribution in [0.1, 0.15) is 6.92 Å². The van der Waals surface area contributed by atoms with E-state index in [0.717, 1.165) is 0 Å². The summed E-state index contributed by atoms with van der Waals surface area (Å²) in [7, 11) is 19.3. The van der Waals surface area contributed by atoms with Crippen molar-refractivity contribution in [2.45, 2.75) is 6.92 Å². The van der Waals surface area contributed by atoms with Gasteiger partial charge in [-0.3, -0.25) is 0 Å². The molecule has 0 unspecified atom stereocenters. The van der Waals surface area contributed by atoms with Crippen molar-refractivity contribution >= 4 is 46.2 Å². The van der Waals surface area contributed by atoms with E-state index in [0.29, 0.717) is 0 Å². The third-order valence-corrected chi connectivity index (χ3v) is 0.348. The number of rotatable bonds is 1. The van der Waals surface area contributed by atoms with Gasteiger partial charge in [-0.05, 0) is 12.5 Å². The van der Waals surface area contributed by atoms with Crippen molar-refractivity contribution in [3.8, 4) is 0 Å². The van der Waals surface area contributed by atoms with Crippen LogP contribution in [0.4, 0.5) is 0 Å². The molecule has 0 atom stereocenters. The maximum Gasteiger partial charge on any atom is -2.00 e. The maximum atomic E-state index is 9.49. The summed E-state index contributed by atoms with van der Waals surface area (Å²) in [4.78, 5) is 9.49. The molecule has 0 aromatic carbocycles. The van der Waals surface area contributed by atoms with Gasteiger partial charge in [-0.15, -0.1) is 0 Å². The van der Waals surface area contributed by atoms with E-state index in [1.807, 2.05) is 0 Å². The van der Waals surface area contributed by atoms with E-state index in [9.17, 15) is 9.90 Å². The second kappa shape index (κ2) is 23.3. The van der Waals surface area contributed by atoms with Crippen molar-refractivity contribution in [3.05, 3.63) is 12.2 Å². The topological polar surface area (TPSA) is 68.6 Å². The Morgan fingerprint density at radius 3 is 1.31 bits per heavy atom. The monoisotopic (exact) mass is 345 g/mol. The first kappa shape index (κ1) is 23.9. The second-order valence-corrected chi connectivity index (χ2v) is 5.40. The summed E-state index contributed by atoms with van der Waals surface area (Å²) in [6, 6.07) is 0. The quantitative estimate of drug-likeness (QED) is 0.681. The van der Waals surface area contributed by atoms with Gasteiger partial charge in [0.25, 0.3) is 0 Å². The molecule has 0 aliphatic rings. The van der Waals surface area contributed by atoms with Crippen LogP contribution in [0.3, 0.4) is 0 Å². The average Bonchev–Trinajstić information content (AvgIpc) is 1.90. The molecule has 0 rings (SSSR count). The van der Waals surface area contributed by atoms with Crippen LogP contribution in [0.2, 0.25) is 0 Å². The van der Waals surface area contributed by atoms with E-state index in [-0.39, 0.29) is 37.8 Å². The number of carbonyl (C=O) groups is 1. The standard InChI is InChI=1S/C4H6O2.4ClH.2Cr.O/c1-3(2)4(5)6;;;;;;;/h1H2,2H3,(H,5,6);4*1H;;;/q;;;;;2*+2;-2/p-5. The summed E-state index contributed by atoms with van der Waals surface area (Å²) in [6.45, 7) is 4.48. The van der Waals surface area contributed by atoms with E-state index >= 15 is 0 Å². The van der Waals surface area contributed by atoms with Gasteiger partial charge in [0.1, 0.15) is 0 Å². The largest absolute Gasteiger partial charge is 2.00 e. The number of carbonyl (C=O) groups excluding carboxylic acids is 1. The Morgan fingerprint density at radius 1 is 1.23 bits per heavy atom. The van der Waals surface area contributed by atoms with Crippen LogP contribution < -0.4 is 5.11 Å². The molecule has 0 radical (unpaired) electrons. The van der Waals surface area contributed by atoms with Crippen molar-refractivity contribution in [3.63, 3.8) is 0 Å². The molecule has 0 N–H and O–H groups in total. The fraction of sp³-hybridized carbons (Fsp3) is 0.250. The molecule has 0 saturated heterocycles. The summed E-state index contributed by atoms with van der Waals surface area (Å²) < 4.78 is 0. The molecule has 0 fully saturated rings. The third kappa shape index (κ3) is 59.8. The van der Waals surface area contributed by atoms with Gasteiger partial charge in [-0.25, -0.2) is 0 Å². The van der Waals surface area contributed by atoms with E-state index < -0.39 is 5.97 Å². The van der Waals surface area contributed by atoms with Crippen LogP contribution in [-0.4, -0.2) is 5.97 Å². The minimum atomic E-state index is -1.19. The molecular formula is C4H5Cl4Cr2O3-3. The SMILES string of the molecule is C=C(C)C(=O)[O-].[Cl][Cr][Cl].[Cl][Cr][Cl].[O-2]. The molecule has 13 heavy (non-hydrogen) atoms. The molecule has 9 heteroatoms. The van der Waals surface area contributed by atoms with Crippen LogP contribution in [0.5, 0.6) is 0 Å². The Morgan fingerprint density at radius 2 is 1.31 bits per heavy atom. The maximum absolute atomic E-state index is 9.49. The Labute approximate surface area is 107 Å². The van der Waals surface area contributed by atoms with Gasteiger partial charge in [0.05, 0.1) is 5.97 Å². The van der Waals surface area contributed by atoms with Gasteiger partial charge in [0.2, 0.25) is 0 Å². The number of carboxylic acid groups (broad SMARTS) is 1. The molecule has 0 aliphatic heterocycles. The van der Waals surface area contributed by atoms with Crippen LogP contribution >= 0.6 is 40.2 Å². The number of carboxylic acids is 1. The second-order valence-electron chi connectivity index (χ2n) is 1.18. The van der Waals surface area contributed by atoms with Crippen LogP contribution in [0.15, 0.2) is 12.2 Å². The zero-order chi connectivity index (χ0) is 10.6. The number of hydrogen-bond donors (Lipinski definition) is 0. The van der Waals surface area contributed by atoms with Gasteiger partial charge in [0, 0.05) is 0 Å². The van der Waals surface area contributed by atoms with Crippen molar-refractivity contribution in [1.29, 1.82) is 0 Å². The average molecular weight is 347 g/mol. The normalized spacial score (nSPS) is 6.23. The van der Waals surface area contributed by atoms with Gasteiger partial charge in [-0.2, -0.15) is 0 Å². The van der Waals surface area contributed by atoms with Gasteiger partial charge in [-0.1, -0.05) is 6.58 Å². The molecule has 0 aliphatic carbocycles. The molecule has 0 spiro atoms. The molecule has 82 valence electrons. The minimum Gasteiger partial charge on any atom is -2.00 e. The summed E-state index contributed by atoms with van der Waals surface area (Å²) in [5.41, 5.74) is 0.0648. The Balaban J connectivity index is -0.0000000501. The summed E-state index contributed by atoms with van der Waals surface area (Å²) in [5, 5.41) is 9.49. The van der Waals surface area contributed by atoms with Gasteiger partial charge in [0.15, 0.2) is 0 Å². The van der Waals surface area contributed by atoms with Crippen molar-refractivity contribution in [2.24, 2.45) is 0 Å². The van der Waals surface area contributed by atoms with E-state index in [4.69, 9.17) is 40.2 Å². The predicted molar refractivity (Wildman–Crippen MR) is 43.9 cm³/mol. The Kier molecular flexibility index (Phi) is 42.9. The van der Waals surface area contributed by atoms with Crippen LogP contribution in [0, 0.1) is 0 Å². The number of hydrogen-bond acceptors (Lipinski definition) is 2. The molecule has 0 amide bonds. The van der Waals surface area contributed by atoms with E-state index in [1.165, 1.54) is 6.92 Å². The molecule has 0 bridgehead atoms. The van der Waals surface area contributed by atoms with Crippen LogP contribution in [-0.2, 0) is 37.0 Å². The van der Waals surface area contributed by atoms with E-state index in [1.54, 1.807) is 0 Å². The first-order valence-corrected chi connectivity index (χ1v) is 9.15. The Hall–Kier alpha value is 1.39. The fourth-order valence-corrected chi connectivity index (χ4v) is 0. The molecule has 0 saturated carbocycles. The number of halogens is 4. The molecule has 3 nitrogen and oxygen atoms in total. The fourth-order valence-electron chi connectivity index (χ4n) is 0. The summed E-state index contributed by atoms with van der Waals surface area (Å²) >= 11 is -0.361. The van der Waals surface area contributed by atoms with Gasteiger partial charge >= 0.3 is 66.9 Å². The first-order chi connectivity index (χ1) is 5.47. The number of aliphatic carboxylic acids is 1.